The Morgan fingerprint density at radius 3 is 2.80 bits per heavy atom. The van der Waals surface area contributed by atoms with Gasteiger partial charge in [-0.3, -0.25) is 4.90 Å². The highest BCUT2D eigenvalue weighted by atomic mass is 32.2. The van der Waals surface area contributed by atoms with Crippen LogP contribution in [0.5, 0.6) is 0 Å². The van der Waals surface area contributed by atoms with E-state index in [2.05, 4.69) is 42.7 Å². The van der Waals surface area contributed by atoms with Crippen molar-refractivity contribution >= 4 is 11.8 Å². The van der Waals surface area contributed by atoms with Crippen molar-refractivity contribution in [3.05, 3.63) is 0 Å². The highest BCUT2D eigenvalue weighted by Crippen LogP contribution is 2.24. The second kappa shape index (κ2) is 6.77. The second-order valence-electron chi connectivity index (χ2n) is 4.67. The molecule has 0 aromatic heterocycles. The maximum atomic E-state index is 3.28. The predicted octanol–water partition coefficient (Wildman–Crippen LogP) is 2.06. The molecule has 90 valence electrons. The van der Waals surface area contributed by atoms with Crippen molar-refractivity contribution < 1.29 is 0 Å². The van der Waals surface area contributed by atoms with Gasteiger partial charge in [-0.25, -0.2) is 0 Å². The number of hydrogen-bond donors (Lipinski definition) is 1. The van der Waals surface area contributed by atoms with Crippen molar-refractivity contribution in [2.75, 3.05) is 32.4 Å². The molecule has 0 radical (unpaired) electrons. The Morgan fingerprint density at radius 1 is 1.47 bits per heavy atom. The van der Waals surface area contributed by atoms with E-state index in [9.17, 15) is 0 Å². The molecular formula is C12H26N2S. The SMILES string of the molecule is CCC1CN(C(C)C(C)CNC)CCS1. The van der Waals surface area contributed by atoms with E-state index in [0.29, 0.717) is 6.04 Å². The summed E-state index contributed by atoms with van der Waals surface area (Å²) in [7, 11) is 2.05. The van der Waals surface area contributed by atoms with Gasteiger partial charge in [-0.15, -0.1) is 0 Å². The normalized spacial score (nSPS) is 27.6. The highest BCUT2D eigenvalue weighted by Gasteiger charge is 2.25. The van der Waals surface area contributed by atoms with Crippen molar-refractivity contribution in [1.29, 1.82) is 0 Å². The van der Waals surface area contributed by atoms with E-state index in [1.165, 1.54) is 25.3 Å². The summed E-state index contributed by atoms with van der Waals surface area (Å²) in [4.78, 5) is 2.67. The van der Waals surface area contributed by atoms with Gasteiger partial charge in [-0.1, -0.05) is 13.8 Å². The minimum Gasteiger partial charge on any atom is -0.319 e. The molecule has 3 heteroatoms. The fourth-order valence-electron chi connectivity index (χ4n) is 2.21. The molecule has 0 amide bonds. The largest absolute Gasteiger partial charge is 0.319 e. The summed E-state index contributed by atoms with van der Waals surface area (Å²) >= 11 is 2.15. The van der Waals surface area contributed by atoms with E-state index in [4.69, 9.17) is 0 Å². The average Bonchev–Trinajstić information content (AvgIpc) is 2.28. The lowest BCUT2D eigenvalue weighted by molar-refractivity contribution is 0.165. The zero-order valence-corrected chi connectivity index (χ0v) is 11.4. The minimum absolute atomic E-state index is 0.715. The van der Waals surface area contributed by atoms with Gasteiger partial charge in [-0.05, 0) is 32.9 Å². The maximum absolute atomic E-state index is 3.28. The van der Waals surface area contributed by atoms with Gasteiger partial charge in [0.05, 0.1) is 0 Å². The number of rotatable bonds is 5. The summed E-state index contributed by atoms with van der Waals surface area (Å²) in [5.74, 6) is 2.06. The van der Waals surface area contributed by atoms with E-state index in [-0.39, 0.29) is 0 Å². The lowest BCUT2D eigenvalue weighted by Crippen LogP contribution is -2.47. The quantitative estimate of drug-likeness (QED) is 0.778. The molecule has 1 fully saturated rings. The molecule has 3 unspecified atom stereocenters. The van der Waals surface area contributed by atoms with Crippen molar-refractivity contribution in [2.45, 2.75) is 38.5 Å². The third-order valence-electron chi connectivity index (χ3n) is 3.55. The Balaban J connectivity index is 2.40. The molecule has 3 atom stereocenters. The molecule has 1 aliphatic heterocycles. The lowest BCUT2D eigenvalue weighted by Gasteiger charge is -2.38. The van der Waals surface area contributed by atoms with Crippen LogP contribution in [-0.2, 0) is 0 Å². The van der Waals surface area contributed by atoms with Gasteiger partial charge >= 0.3 is 0 Å². The molecule has 0 saturated carbocycles. The molecule has 2 nitrogen and oxygen atoms in total. The number of nitrogens with zero attached hydrogens (tertiary/aromatic N) is 1. The van der Waals surface area contributed by atoms with Crippen LogP contribution in [0.2, 0.25) is 0 Å². The third kappa shape index (κ3) is 3.97. The molecule has 0 spiro atoms. The number of thioether (sulfide) groups is 1. The molecule has 1 heterocycles. The molecule has 0 bridgehead atoms. The molecule has 0 aromatic carbocycles. The first kappa shape index (κ1) is 13.3. The van der Waals surface area contributed by atoms with Crippen LogP contribution in [0.3, 0.4) is 0 Å². The summed E-state index contributed by atoms with van der Waals surface area (Å²) in [5.41, 5.74) is 0. The van der Waals surface area contributed by atoms with Crippen LogP contribution in [0.25, 0.3) is 0 Å². The van der Waals surface area contributed by atoms with Crippen LogP contribution in [0.4, 0.5) is 0 Å². The van der Waals surface area contributed by atoms with Gasteiger partial charge in [0.1, 0.15) is 0 Å². The lowest BCUT2D eigenvalue weighted by atomic mass is 10.0. The maximum Gasteiger partial charge on any atom is 0.0172 e. The van der Waals surface area contributed by atoms with E-state index >= 15 is 0 Å². The minimum atomic E-state index is 0.715. The highest BCUT2D eigenvalue weighted by molar-refractivity contribution is 8.00. The fourth-order valence-corrected chi connectivity index (χ4v) is 3.42. The van der Waals surface area contributed by atoms with Crippen molar-refractivity contribution in [2.24, 2.45) is 5.92 Å². The van der Waals surface area contributed by atoms with Gasteiger partial charge in [0.25, 0.3) is 0 Å². The van der Waals surface area contributed by atoms with Crippen molar-refractivity contribution in [3.8, 4) is 0 Å². The van der Waals surface area contributed by atoms with E-state index < -0.39 is 0 Å². The second-order valence-corrected chi connectivity index (χ2v) is 6.08. The Morgan fingerprint density at radius 2 is 2.20 bits per heavy atom. The van der Waals surface area contributed by atoms with E-state index in [1.807, 2.05) is 7.05 Å². The van der Waals surface area contributed by atoms with Crippen LogP contribution in [0, 0.1) is 5.92 Å². The van der Waals surface area contributed by atoms with E-state index in [1.54, 1.807) is 0 Å². The molecule has 1 saturated heterocycles. The zero-order chi connectivity index (χ0) is 11.3. The molecule has 1 aliphatic rings. The monoisotopic (exact) mass is 230 g/mol. The van der Waals surface area contributed by atoms with E-state index in [0.717, 1.165) is 17.7 Å². The molecule has 15 heavy (non-hydrogen) atoms. The van der Waals surface area contributed by atoms with Crippen LogP contribution >= 0.6 is 11.8 Å². The third-order valence-corrected chi connectivity index (χ3v) is 4.92. The predicted molar refractivity (Wildman–Crippen MR) is 70.7 cm³/mol. The smallest absolute Gasteiger partial charge is 0.0172 e. The van der Waals surface area contributed by atoms with Gasteiger partial charge in [0.2, 0.25) is 0 Å². The van der Waals surface area contributed by atoms with Crippen LogP contribution in [0.15, 0.2) is 0 Å². The van der Waals surface area contributed by atoms with Gasteiger partial charge < -0.3 is 5.32 Å². The molecular weight excluding hydrogens is 204 g/mol. The van der Waals surface area contributed by atoms with Gasteiger partial charge in [0, 0.05) is 30.1 Å². The topological polar surface area (TPSA) is 15.3 Å². The summed E-state index contributed by atoms with van der Waals surface area (Å²) in [6.07, 6.45) is 1.31. The summed E-state index contributed by atoms with van der Waals surface area (Å²) in [6, 6.07) is 0.715. The summed E-state index contributed by atoms with van der Waals surface area (Å²) in [5, 5.41) is 4.14. The Hall–Kier alpha value is 0.270. The fraction of sp³-hybridized carbons (Fsp3) is 1.00. The molecule has 0 aliphatic carbocycles. The Bertz CT molecular complexity index is 175. The zero-order valence-electron chi connectivity index (χ0n) is 10.6. The average molecular weight is 230 g/mol. The molecule has 1 rings (SSSR count). The summed E-state index contributed by atoms with van der Waals surface area (Å²) in [6.45, 7) is 10.7. The van der Waals surface area contributed by atoms with Crippen LogP contribution in [-0.4, -0.2) is 48.6 Å². The first-order chi connectivity index (χ1) is 7.19. The molecule has 0 aromatic rings. The van der Waals surface area contributed by atoms with Crippen LogP contribution < -0.4 is 5.32 Å². The first-order valence-corrected chi connectivity index (χ1v) is 7.24. The summed E-state index contributed by atoms with van der Waals surface area (Å²) < 4.78 is 0. The number of hydrogen-bond acceptors (Lipinski definition) is 3. The Kier molecular flexibility index (Phi) is 6.02. The Labute approximate surface area is 99.2 Å². The van der Waals surface area contributed by atoms with Crippen LogP contribution in [0.1, 0.15) is 27.2 Å². The van der Waals surface area contributed by atoms with Gasteiger partial charge in [0.15, 0.2) is 0 Å². The standard InChI is InChI=1S/C12H26N2S/c1-5-12-9-14(6-7-15-12)11(3)10(2)8-13-4/h10-13H,5-9H2,1-4H3. The number of nitrogens with one attached hydrogen (secondary N) is 1. The van der Waals surface area contributed by atoms with Gasteiger partial charge in [-0.2, -0.15) is 11.8 Å². The van der Waals surface area contributed by atoms with Crippen molar-refractivity contribution in [3.63, 3.8) is 0 Å². The first-order valence-electron chi connectivity index (χ1n) is 6.19. The molecule has 1 N–H and O–H groups in total. The van der Waals surface area contributed by atoms with Crippen molar-refractivity contribution in [1.82, 2.24) is 10.2 Å².